The molecule has 0 saturated carbocycles. The third-order valence-electron chi connectivity index (χ3n) is 5.47. The Morgan fingerprint density at radius 3 is 2.67 bits per heavy atom. The van der Waals surface area contributed by atoms with E-state index in [9.17, 15) is 9.90 Å². The van der Waals surface area contributed by atoms with Crippen molar-refractivity contribution in [2.75, 3.05) is 38.6 Å². The van der Waals surface area contributed by atoms with Crippen LogP contribution in [0.3, 0.4) is 0 Å². The van der Waals surface area contributed by atoms with Gasteiger partial charge in [0.1, 0.15) is 0 Å². The molecule has 0 unspecified atom stereocenters. The summed E-state index contributed by atoms with van der Waals surface area (Å²) in [6.45, 7) is 7.77. The summed E-state index contributed by atoms with van der Waals surface area (Å²) in [4.78, 5) is 20.3. The third-order valence-corrected chi connectivity index (χ3v) is 6.55. The van der Waals surface area contributed by atoms with Crippen LogP contribution in [-0.4, -0.2) is 64.3 Å². The van der Waals surface area contributed by atoms with Gasteiger partial charge in [0.25, 0.3) is 5.56 Å². The van der Waals surface area contributed by atoms with Crippen LogP contribution in [0.5, 0.6) is 0 Å². The van der Waals surface area contributed by atoms with Gasteiger partial charge in [-0.3, -0.25) is 14.3 Å². The second-order valence-electron chi connectivity index (χ2n) is 7.70. The van der Waals surface area contributed by atoms with Crippen molar-refractivity contribution in [3.05, 3.63) is 63.9 Å². The number of aliphatic hydroxyl groups is 1. The Kier molecular flexibility index (Phi) is 6.53. The zero-order valence-corrected chi connectivity index (χ0v) is 18.2. The van der Waals surface area contributed by atoms with Crippen LogP contribution < -0.4 is 5.56 Å². The van der Waals surface area contributed by atoms with E-state index < -0.39 is 6.10 Å². The predicted octanol–water partition coefficient (Wildman–Crippen LogP) is 2.79. The average Bonchev–Trinajstić information content (AvgIpc) is 2.75. The first-order valence-electron chi connectivity index (χ1n) is 10.2. The molecule has 0 radical (unpaired) electrons. The molecule has 1 aliphatic rings. The van der Waals surface area contributed by atoms with E-state index in [1.165, 1.54) is 17.3 Å². The Morgan fingerprint density at radius 1 is 1.13 bits per heavy atom. The molecular weight excluding hydrogens is 398 g/mol. The minimum Gasteiger partial charge on any atom is -0.391 e. The maximum absolute atomic E-state index is 13.3. The normalized spacial score (nSPS) is 16.1. The van der Waals surface area contributed by atoms with E-state index in [1.807, 2.05) is 49.4 Å². The number of hydrogen-bond acceptors (Lipinski definition) is 6. The maximum Gasteiger partial charge on any atom is 0.266 e. The minimum atomic E-state index is -0.510. The van der Waals surface area contributed by atoms with Crippen molar-refractivity contribution in [1.82, 2.24) is 14.5 Å². The third kappa shape index (κ3) is 4.59. The minimum absolute atomic E-state index is 0.0889. The van der Waals surface area contributed by atoms with E-state index >= 15 is 0 Å². The zero-order chi connectivity index (χ0) is 21.1. The molecule has 1 aromatic heterocycles. The summed E-state index contributed by atoms with van der Waals surface area (Å²) in [5.41, 5.74) is 3.68. The summed E-state index contributed by atoms with van der Waals surface area (Å²) in [7, 11) is 0. The average molecular weight is 426 g/mol. The number of para-hydroxylation sites is 1. The van der Waals surface area contributed by atoms with Crippen LogP contribution >= 0.6 is 11.8 Å². The molecule has 1 fully saturated rings. The lowest BCUT2D eigenvalue weighted by Gasteiger charge is -2.28. The van der Waals surface area contributed by atoms with Crippen LogP contribution in [0.15, 0.2) is 52.4 Å². The van der Waals surface area contributed by atoms with Gasteiger partial charge in [0.15, 0.2) is 5.16 Å². The van der Waals surface area contributed by atoms with Crippen molar-refractivity contribution in [2.24, 2.45) is 0 Å². The number of rotatable bonds is 6. The number of hydrogen-bond donors (Lipinski definition) is 1. The Bertz CT molecular complexity index is 1090. The molecule has 30 heavy (non-hydrogen) atoms. The highest BCUT2D eigenvalue weighted by atomic mass is 32.2. The Hall–Kier alpha value is -2.19. The number of benzene rings is 2. The van der Waals surface area contributed by atoms with Gasteiger partial charge in [0, 0.05) is 25.4 Å². The molecule has 4 rings (SSSR count). The van der Waals surface area contributed by atoms with Gasteiger partial charge in [-0.15, -0.1) is 0 Å². The van der Waals surface area contributed by atoms with Gasteiger partial charge in [0.05, 0.1) is 35.9 Å². The molecule has 7 heteroatoms. The van der Waals surface area contributed by atoms with Crippen LogP contribution in [0.1, 0.15) is 11.1 Å². The standard InChI is InChI=1S/C23H27N3O3S/c1-16-7-8-18(13-17(16)2)26-22(28)20-5-3-4-6-21(20)24-23(26)30-15-19(27)14-25-9-11-29-12-10-25/h3-8,13,19,27H,9-12,14-15H2,1-2H3/t19-/m0/s1. The van der Waals surface area contributed by atoms with E-state index in [-0.39, 0.29) is 5.56 Å². The number of morpholine rings is 1. The number of ether oxygens (including phenoxy) is 1. The van der Waals surface area contributed by atoms with E-state index in [4.69, 9.17) is 9.72 Å². The molecule has 2 aromatic carbocycles. The summed E-state index contributed by atoms with van der Waals surface area (Å²) in [5.74, 6) is 0.465. The summed E-state index contributed by atoms with van der Waals surface area (Å²) < 4.78 is 7.04. The molecule has 6 nitrogen and oxygen atoms in total. The Morgan fingerprint density at radius 2 is 1.90 bits per heavy atom. The molecular formula is C23H27N3O3S. The lowest BCUT2D eigenvalue weighted by molar-refractivity contribution is 0.0188. The van der Waals surface area contributed by atoms with Crippen molar-refractivity contribution in [3.63, 3.8) is 0 Å². The van der Waals surface area contributed by atoms with Crippen LogP contribution in [-0.2, 0) is 4.74 Å². The molecule has 0 aliphatic carbocycles. The fourth-order valence-electron chi connectivity index (χ4n) is 3.61. The largest absolute Gasteiger partial charge is 0.391 e. The van der Waals surface area contributed by atoms with Gasteiger partial charge in [0.2, 0.25) is 0 Å². The van der Waals surface area contributed by atoms with Crippen molar-refractivity contribution in [1.29, 1.82) is 0 Å². The Labute approximate surface area is 180 Å². The number of thioether (sulfide) groups is 1. The number of aliphatic hydroxyl groups excluding tert-OH is 1. The smallest absolute Gasteiger partial charge is 0.266 e. The second-order valence-corrected chi connectivity index (χ2v) is 8.69. The number of aromatic nitrogens is 2. The van der Waals surface area contributed by atoms with Crippen LogP contribution in [0.4, 0.5) is 0 Å². The molecule has 3 aromatic rings. The molecule has 1 aliphatic heterocycles. The molecule has 158 valence electrons. The van der Waals surface area contributed by atoms with Crippen LogP contribution in [0, 0.1) is 13.8 Å². The van der Waals surface area contributed by atoms with Crippen molar-refractivity contribution < 1.29 is 9.84 Å². The molecule has 0 bridgehead atoms. The fourth-order valence-corrected chi connectivity index (χ4v) is 4.53. The van der Waals surface area contributed by atoms with Crippen LogP contribution in [0.25, 0.3) is 16.6 Å². The van der Waals surface area contributed by atoms with Gasteiger partial charge >= 0.3 is 0 Å². The van der Waals surface area contributed by atoms with E-state index in [0.29, 0.717) is 41.6 Å². The predicted molar refractivity (Wildman–Crippen MR) is 121 cm³/mol. The lowest BCUT2D eigenvalue weighted by atomic mass is 10.1. The molecule has 0 amide bonds. The number of fused-ring (bicyclic) bond motifs is 1. The summed E-state index contributed by atoms with van der Waals surface area (Å²) in [6.07, 6.45) is -0.510. The van der Waals surface area contributed by atoms with Gasteiger partial charge in [-0.2, -0.15) is 0 Å². The first-order valence-corrected chi connectivity index (χ1v) is 11.2. The topological polar surface area (TPSA) is 67.6 Å². The van der Waals surface area contributed by atoms with E-state index in [0.717, 1.165) is 24.3 Å². The highest BCUT2D eigenvalue weighted by Crippen LogP contribution is 2.23. The summed E-state index contributed by atoms with van der Waals surface area (Å²) in [5, 5.41) is 11.8. The number of aryl methyl sites for hydroxylation is 2. The lowest BCUT2D eigenvalue weighted by Crippen LogP contribution is -2.41. The molecule has 1 atom stereocenters. The Balaban J connectivity index is 1.65. The maximum atomic E-state index is 13.3. The van der Waals surface area contributed by atoms with Crippen molar-refractivity contribution in [2.45, 2.75) is 25.1 Å². The first-order chi connectivity index (χ1) is 14.5. The van der Waals surface area contributed by atoms with E-state index in [2.05, 4.69) is 11.8 Å². The highest BCUT2D eigenvalue weighted by molar-refractivity contribution is 7.99. The van der Waals surface area contributed by atoms with Gasteiger partial charge in [-0.25, -0.2) is 4.98 Å². The molecule has 1 N–H and O–H groups in total. The van der Waals surface area contributed by atoms with Gasteiger partial charge in [-0.1, -0.05) is 30.0 Å². The molecule has 2 heterocycles. The van der Waals surface area contributed by atoms with E-state index in [1.54, 1.807) is 4.57 Å². The number of β-amino-alcohol motifs (C(OH)–C–C–N with tert-alkyl or cyclic N) is 1. The van der Waals surface area contributed by atoms with Gasteiger partial charge < -0.3 is 9.84 Å². The molecule has 0 spiro atoms. The monoisotopic (exact) mass is 425 g/mol. The van der Waals surface area contributed by atoms with Gasteiger partial charge in [-0.05, 0) is 49.2 Å². The molecule has 1 saturated heterocycles. The highest BCUT2D eigenvalue weighted by Gasteiger charge is 2.18. The zero-order valence-electron chi connectivity index (χ0n) is 17.4. The summed E-state index contributed by atoms with van der Waals surface area (Å²) >= 11 is 1.42. The first kappa shape index (κ1) is 21.1. The quantitative estimate of drug-likeness (QED) is 0.484. The second kappa shape index (κ2) is 9.31. The summed E-state index contributed by atoms with van der Waals surface area (Å²) in [6, 6.07) is 13.4. The van der Waals surface area contributed by atoms with Crippen LogP contribution in [0.2, 0.25) is 0 Å². The SMILES string of the molecule is Cc1ccc(-n2c(SC[C@@H](O)CN3CCOCC3)nc3ccccc3c2=O)cc1C. The van der Waals surface area contributed by atoms with Crippen molar-refractivity contribution in [3.8, 4) is 5.69 Å². The van der Waals surface area contributed by atoms with Crippen molar-refractivity contribution >= 4 is 22.7 Å². The number of nitrogens with zero attached hydrogens (tertiary/aromatic N) is 3. The fraction of sp³-hybridized carbons (Fsp3) is 0.391.